The van der Waals surface area contributed by atoms with Crippen molar-refractivity contribution in [3.05, 3.63) is 0 Å². The quantitative estimate of drug-likeness (QED) is 0.677. The predicted octanol–water partition coefficient (Wildman–Crippen LogP) is 0.695. The van der Waals surface area contributed by atoms with Crippen LogP contribution in [-0.4, -0.2) is 45.4 Å². The van der Waals surface area contributed by atoms with Crippen LogP contribution >= 0.6 is 0 Å². The fourth-order valence-electron chi connectivity index (χ4n) is 1.98. The fraction of sp³-hybridized carbons (Fsp3) is 1.00. The highest BCUT2D eigenvalue weighted by Crippen LogP contribution is 2.08. The van der Waals surface area contributed by atoms with Crippen LogP contribution in [0.15, 0.2) is 0 Å². The third kappa shape index (κ3) is 5.33. The van der Waals surface area contributed by atoms with Crippen LogP contribution in [0.5, 0.6) is 0 Å². The summed E-state index contributed by atoms with van der Waals surface area (Å²) in [6.07, 6.45) is 5.15. The Morgan fingerprint density at radius 3 is 2.82 bits per heavy atom. The molecule has 0 spiro atoms. The van der Waals surface area contributed by atoms with Gasteiger partial charge in [-0.05, 0) is 32.2 Å². The van der Waals surface area contributed by atoms with Crippen LogP contribution in [0.25, 0.3) is 0 Å². The van der Waals surface area contributed by atoms with Gasteiger partial charge >= 0.3 is 0 Å². The lowest BCUT2D eigenvalue weighted by Gasteiger charge is -2.18. The molecular formula is C11H25N3O2S. The van der Waals surface area contributed by atoms with Gasteiger partial charge < -0.3 is 5.32 Å². The lowest BCUT2D eigenvalue weighted by molar-refractivity contribution is 0.445. The second-order valence-electron chi connectivity index (χ2n) is 4.66. The van der Waals surface area contributed by atoms with Crippen molar-refractivity contribution in [2.45, 2.75) is 45.1 Å². The molecule has 0 aromatic rings. The van der Waals surface area contributed by atoms with Crippen molar-refractivity contribution in [3.63, 3.8) is 0 Å². The maximum absolute atomic E-state index is 11.8. The SMILES string of the molecule is CCCCN(C)S(=O)(=O)NCC[C@H]1CCCN1. The molecule has 1 fully saturated rings. The van der Waals surface area contributed by atoms with E-state index in [2.05, 4.69) is 17.0 Å². The summed E-state index contributed by atoms with van der Waals surface area (Å²) in [5, 5.41) is 3.36. The Bertz CT molecular complexity index is 300. The zero-order valence-corrected chi connectivity index (χ0v) is 11.7. The molecule has 1 saturated heterocycles. The maximum Gasteiger partial charge on any atom is 0.279 e. The molecule has 0 aromatic heterocycles. The van der Waals surface area contributed by atoms with Crippen LogP contribution in [0.1, 0.15) is 39.0 Å². The van der Waals surface area contributed by atoms with E-state index in [9.17, 15) is 8.42 Å². The van der Waals surface area contributed by atoms with Gasteiger partial charge in [0.05, 0.1) is 0 Å². The first-order valence-corrected chi connectivity index (χ1v) is 7.94. The highest BCUT2D eigenvalue weighted by molar-refractivity contribution is 7.87. The lowest BCUT2D eigenvalue weighted by Crippen LogP contribution is -2.40. The summed E-state index contributed by atoms with van der Waals surface area (Å²) in [6, 6.07) is 0.485. The van der Waals surface area contributed by atoms with Crippen molar-refractivity contribution in [1.29, 1.82) is 0 Å². The third-order valence-corrected chi connectivity index (χ3v) is 4.75. The Balaban J connectivity index is 2.23. The molecule has 1 rings (SSSR count). The van der Waals surface area contributed by atoms with Crippen LogP contribution < -0.4 is 10.0 Å². The number of unbranched alkanes of at least 4 members (excludes halogenated alkanes) is 1. The minimum absolute atomic E-state index is 0.485. The molecule has 0 amide bonds. The summed E-state index contributed by atoms with van der Waals surface area (Å²) < 4.78 is 27.7. The van der Waals surface area contributed by atoms with E-state index in [-0.39, 0.29) is 0 Å². The van der Waals surface area contributed by atoms with E-state index in [0.29, 0.717) is 19.1 Å². The van der Waals surface area contributed by atoms with Crippen LogP contribution in [0.2, 0.25) is 0 Å². The second kappa shape index (κ2) is 7.31. The maximum atomic E-state index is 11.8. The van der Waals surface area contributed by atoms with E-state index in [1.807, 2.05) is 0 Å². The zero-order valence-electron chi connectivity index (χ0n) is 10.9. The summed E-state index contributed by atoms with van der Waals surface area (Å²) >= 11 is 0. The van der Waals surface area contributed by atoms with Crippen LogP contribution in [0.4, 0.5) is 0 Å². The zero-order chi connectivity index (χ0) is 12.7. The first-order chi connectivity index (χ1) is 8.06. The number of nitrogens with zero attached hydrogens (tertiary/aromatic N) is 1. The van der Waals surface area contributed by atoms with Gasteiger partial charge in [0.2, 0.25) is 0 Å². The molecule has 0 saturated carbocycles. The molecule has 1 atom stereocenters. The molecule has 2 N–H and O–H groups in total. The van der Waals surface area contributed by atoms with Crippen molar-refractivity contribution in [2.24, 2.45) is 0 Å². The summed E-state index contributed by atoms with van der Waals surface area (Å²) in [5.41, 5.74) is 0. The van der Waals surface area contributed by atoms with Gasteiger partial charge in [-0.25, -0.2) is 4.72 Å². The Morgan fingerprint density at radius 2 is 2.24 bits per heavy atom. The Kier molecular flexibility index (Phi) is 6.40. The molecule has 1 aliphatic heterocycles. The fourth-order valence-corrected chi connectivity index (χ4v) is 2.94. The number of hydrogen-bond donors (Lipinski definition) is 2. The average molecular weight is 263 g/mol. The molecule has 5 nitrogen and oxygen atoms in total. The van der Waals surface area contributed by atoms with E-state index in [4.69, 9.17) is 0 Å². The minimum atomic E-state index is -3.27. The average Bonchev–Trinajstić information content (AvgIpc) is 2.78. The van der Waals surface area contributed by atoms with Crippen LogP contribution in [0, 0.1) is 0 Å². The van der Waals surface area contributed by atoms with Crippen molar-refractivity contribution in [1.82, 2.24) is 14.3 Å². The van der Waals surface area contributed by atoms with E-state index >= 15 is 0 Å². The molecule has 17 heavy (non-hydrogen) atoms. The summed E-state index contributed by atoms with van der Waals surface area (Å²) in [4.78, 5) is 0. The number of nitrogens with one attached hydrogen (secondary N) is 2. The van der Waals surface area contributed by atoms with Gasteiger partial charge in [-0.2, -0.15) is 12.7 Å². The first kappa shape index (κ1) is 14.9. The summed E-state index contributed by atoms with van der Waals surface area (Å²) in [5.74, 6) is 0. The standard InChI is InChI=1S/C11H25N3O2S/c1-3-4-10-14(2)17(15,16)13-9-7-11-6-5-8-12-11/h11-13H,3-10H2,1-2H3/t11-/m1/s1. The molecule has 0 aliphatic carbocycles. The minimum Gasteiger partial charge on any atom is -0.314 e. The van der Waals surface area contributed by atoms with Crippen molar-refractivity contribution in [3.8, 4) is 0 Å². The van der Waals surface area contributed by atoms with E-state index < -0.39 is 10.2 Å². The van der Waals surface area contributed by atoms with Gasteiger partial charge in [-0.15, -0.1) is 0 Å². The Labute approximate surface area is 105 Å². The molecule has 0 bridgehead atoms. The van der Waals surface area contributed by atoms with Gasteiger partial charge in [0.1, 0.15) is 0 Å². The highest BCUT2D eigenvalue weighted by atomic mass is 32.2. The smallest absolute Gasteiger partial charge is 0.279 e. The molecule has 0 unspecified atom stereocenters. The molecule has 102 valence electrons. The molecule has 1 heterocycles. The summed E-state index contributed by atoms with van der Waals surface area (Å²) in [7, 11) is -1.64. The highest BCUT2D eigenvalue weighted by Gasteiger charge is 2.18. The number of rotatable bonds is 8. The second-order valence-corrected chi connectivity index (χ2v) is 6.52. The molecule has 0 aromatic carbocycles. The lowest BCUT2D eigenvalue weighted by atomic mass is 10.2. The predicted molar refractivity (Wildman–Crippen MR) is 70.1 cm³/mol. The van der Waals surface area contributed by atoms with Crippen molar-refractivity contribution in [2.75, 3.05) is 26.7 Å². The third-order valence-electron chi connectivity index (χ3n) is 3.18. The van der Waals surface area contributed by atoms with E-state index in [1.54, 1.807) is 7.05 Å². The molecule has 0 radical (unpaired) electrons. The topological polar surface area (TPSA) is 61.4 Å². The van der Waals surface area contributed by atoms with Crippen LogP contribution in [-0.2, 0) is 10.2 Å². The Morgan fingerprint density at radius 1 is 1.47 bits per heavy atom. The van der Waals surface area contributed by atoms with Gasteiger partial charge in [-0.1, -0.05) is 13.3 Å². The van der Waals surface area contributed by atoms with Crippen molar-refractivity contribution < 1.29 is 8.42 Å². The summed E-state index contributed by atoms with van der Waals surface area (Å²) in [6.45, 7) is 4.23. The van der Waals surface area contributed by atoms with Gasteiger partial charge in [0, 0.05) is 26.2 Å². The van der Waals surface area contributed by atoms with E-state index in [1.165, 1.54) is 10.7 Å². The Hall–Kier alpha value is -0.170. The molecule has 1 aliphatic rings. The number of hydrogen-bond acceptors (Lipinski definition) is 3. The normalized spacial score (nSPS) is 21.2. The van der Waals surface area contributed by atoms with Gasteiger partial charge in [0.15, 0.2) is 0 Å². The largest absolute Gasteiger partial charge is 0.314 e. The van der Waals surface area contributed by atoms with Gasteiger partial charge in [-0.3, -0.25) is 0 Å². The van der Waals surface area contributed by atoms with E-state index in [0.717, 1.165) is 32.2 Å². The molecular weight excluding hydrogens is 238 g/mol. The van der Waals surface area contributed by atoms with Gasteiger partial charge in [0.25, 0.3) is 10.2 Å². The first-order valence-electron chi connectivity index (χ1n) is 6.50. The molecule has 6 heteroatoms. The monoisotopic (exact) mass is 263 g/mol. The van der Waals surface area contributed by atoms with Crippen molar-refractivity contribution >= 4 is 10.2 Å². The van der Waals surface area contributed by atoms with Crippen LogP contribution in [0.3, 0.4) is 0 Å².